The average molecular weight is 744 g/mol. The third kappa shape index (κ3) is 10.4. The normalized spacial score (nSPS) is 14.9. The van der Waals surface area contributed by atoms with Crippen LogP contribution in [0.2, 0.25) is 0 Å². The number of benzene rings is 2. The van der Waals surface area contributed by atoms with E-state index in [1.165, 1.54) is 47.5 Å². The van der Waals surface area contributed by atoms with Gasteiger partial charge in [0.2, 0.25) is 5.91 Å². The SMILES string of the molecule is COC(=O)C[C@H](NC(=O)CNC(=O)c1cc(NC2=NCC(F)CN2)c2cn[nH]c2c1)c1cc(-n2cccn2)cc(C(F)(F)F)c1.O=C(O)C(F)(F)F. The van der Waals surface area contributed by atoms with Gasteiger partial charge >= 0.3 is 24.3 Å². The molecule has 5 rings (SSSR count). The second-order valence-corrected chi connectivity index (χ2v) is 10.8. The summed E-state index contributed by atoms with van der Waals surface area (Å²) in [6.45, 7) is -0.531. The molecule has 2 amide bonds. The number of carbonyl (C=O) groups excluding carboxylic acids is 3. The van der Waals surface area contributed by atoms with Crippen molar-refractivity contribution in [2.45, 2.75) is 31.0 Å². The van der Waals surface area contributed by atoms with E-state index in [-0.39, 0.29) is 29.9 Å². The zero-order chi connectivity index (χ0) is 38.2. The number of alkyl halides is 7. The first-order valence-corrected chi connectivity index (χ1v) is 14.8. The van der Waals surface area contributed by atoms with Gasteiger partial charge in [0.15, 0.2) is 5.96 Å². The number of halogens is 7. The predicted molar refractivity (Wildman–Crippen MR) is 167 cm³/mol. The van der Waals surface area contributed by atoms with Crippen LogP contribution in [0.4, 0.5) is 36.4 Å². The van der Waals surface area contributed by atoms with Crippen LogP contribution in [0.1, 0.15) is 33.9 Å². The van der Waals surface area contributed by atoms with Gasteiger partial charge in [-0.25, -0.2) is 18.9 Å². The Balaban J connectivity index is 0.000000785. The number of hydrogen-bond acceptors (Lipinski definition) is 10. The number of fused-ring (bicyclic) bond motifs is 1. The number of nitrogens with zero attached hydrogens (tertiary/aromatic N) is 4. The van der Waals surface area contributed by atoms with Gasteiger partial charge < -0.3 is 31.1 Å². The summed E-state index contributed by atoms with van der Waals surface area (Å²) in [7, 11) is 1.11. The Morgan fingerprint density at radius 3 is 2.42 bits per heavy atom. The Labute approximate surface area is 287 Å². The Kier molecular flexibility index (Phi) is 12.0. The number of amides is 2. The van der Waals surface area contributed by atoms with Crippen molar-refractivity contribution in [3.63, 3.8) is 0 Å². The molecule has 6 N–H and O–H groups in total. The van der Waals surface area contributed by atoms with E-state index in [9.17, 15) is 45.1 Å². The van der Waals surface area contributed by atoms with Gasteiger partial charge in [-0.2, -0.15) is 36.5 Å². The Morgan fingerprint density at radius 1 is 1.10 bits per heavy atom. The van der Waals surface area contributed by atoms with Crippen LogP contribution < -0.4 is 21.3 Å². The van der Waals surface area contributed by atoms with Crippen molar-refractivity contribution in [2.75, 3.05) is 32.1 Å². The van der Waals surface area contributed by atoms with Gasteiger partial charge in [0.1, 0.15) is 6.17 Å². The van der Waals surface area contributed by atoms with Crippen LogP contribution in [0, 0.1) is 0 Å². The molecule has 2 aromatic heterocycles. The van der Waals surface area contributed by atoms with Gasteiger partial charge in [-0.3, -0.25) is 19.5 Å². The maximum absolute atomic E-state index is 13.8. The van der Waals surface area contributed by atoms with E-state index in [0.717, 1.165) is 19.2 Å². The Morgan fingerprint density at radius 2 is 1.83 bits per heavy atom. The minimum absolute atomic E-state index is 0.0266. The highest BCUT2D eigenvalue weighted by Gasteiger charge is 2.38. The first-order chi connectivity index (χ1) is 24.4. The van der Waals surface area contributed by atoms with Gasteiger partial charge in [0, 0.05) is 23.3 Å². The number of hydrogen-bond donors (Lipinski definition) is 6. The first-order valence-electron chi connectivity index (χ1n) is 14.8. The molecule has 0 saturated heterocycles. The fraction of sp³-hybridized carbons (Fsp3) is 0.300. The highest BCUT2D eigenvalue weighted by molar-refractivity contribution is 6.07. The third-order valence-electron chi connectivity index (χ3n) is 7.04. The summed E-state index contributed by atoms with van der Waals surface area (Å²) in [5.74, 6) is -4.67. The molecular formula is C30H28F7N9O6. The molecule has 0 spiro atoms. The van der Waals surface area contributed by atoms with Crippen molar-refractivity contribution in [3.8, 4) is 5.69 Å². The zero-order valence-electron chi connectivity index (χ0n) is 26.6. The standard InChI is InChI=1S/C28H27F4N9O4.C2HF3O2/c1-45-25(43)10-21(15-5-17(28(30,31)32)9-19(6-15)41-4-2-3-37-41)38-24(42)14-33-26(44)16-7-22(20-13-36-40-23(20)8-16)39-27-34-11-18(29)12-35-27;3-2(4,5)1(6)7/h2-9,13,18,21H,10-12,14H2,1H3,(H,33,44)(H,36,40)(H,38,42)(H2,34,35,39);(H,6,7)/t21-;/m0./s1. The molecule has 15 nitrogen and oxygen atoms in total. The summed E-state index contributed by atoms with van der Waals surface area (Å²) in [6, 6.07) is 6.38. The summed E-state index contributed by atoms with van der Waals surface area (Å²) < 4.78 is 92.4. The Hall–Kier alpha value is -6.22. The second-order valence-electron chi connectivity index (χ2n) is 10.8. The number of carbonyl (C=O) groups is 4. The molecular weight excluding hydrogens is 715 g/mol. The summed E-state index contributed by atoms with van der Waals surface area (Å²) in [6.07, 6.45) is -7.05. The van der Waals surface area contributed by atoms with Crippen molar-refractivity contribution in [3.05, 3.63) is 71.7 Å². The first kappa shape index (κ1) is 38.6. The highest BCUT2D eigenvalue weighted by atomic mass is 19.4. The van der Waals surface area contributed by atoms with E-state index >= 15 is 0 Å². The molecule has 278 valence electrons. The number of methoxy groups -OCH3 is 1. The summed E-state index contributed by atoms with van der Waals surface area (Å²) in [4.78, 5) is 51.2. The minimum Gasteiger partial charge on any atom is -0.475 e. The maximum Gasteiger partial charge on any atom is 0.490 e. The van der Waals surface area contributed by atoms with Gasteiger partial charge in [0.05, 0.1) is 67.9 Å². The number of esters is 1. The van der Waals surface area contributed by atoms with Crippen molar-refractivity contribution in [2.24, 2.45) is 4.99 Å². The molecule has 0 saturated carbocycles. The van der Waals surface area contributed by atoms with E-state index in [0.29, 0.717) is 22.5 Å². The number of carboxylic acids is 1. The number of anilines is 1. The van der Waals surface area contributed by atoms with Crippen LogP contribution in [-0.4, -0.2) is 93.9 Å². The van der Waals surface area contributed by atoms with Crippen LogP contribution in [0.3, 0.4) is 0 Å². The fourth-order valence-electron chi connectivity index (χ4n) is 4.58. The molecule has 3 heterocycles. The van der Waals surface area contributed by atoms with Crippen LogP contribution in [0.15, 0.2) is 60.0 Å². The summed E-state index contributed by atoms with van der Waals surface area (Å²) >= 11 is 0. The number of aliphatic carboxylic acids is 1. The monoisotopic (exact) mass is 743 g/mol. The molecule has 0 bridgehead atoms. The topological polar surface area (TPSA) is 205 Å². The number of aromatic amines is 1. The number of aromatic nitrogens is 4. The number of H-pyrrole nitrogens is 1. The van der Waals surface area contributed by atoms with Crippen LogP contribution >= 0.6 is 0 Å². The smallest absolute Gasteiger partial charge is 0.475 e. The number of rotatable bonds is 9. The molecule has 0 radical (unpaired) electrons. The summed E-state index contributed by atoms with van der Waals surface area (Å²) in [5.41, 5.74) is 0.0779. The predicted octanol–water partition coefficient (Wildman–Crippen LogP) is 3.26. The molecule has 2 atom stereocenters. The molecule has 52 heavy (non-hydrogen) atoms. The number of guanidine groups is 1. The molecule has 4 aromatic rings. The van der Waals surface area contributed by atoms with E-state index in [1.54, 1.807) is 0 Å². The lowest BCUT2D eigenvalue weighted by molar-refractivity contribution is -0.192. The number of ether oxygens (including phenoxy) is 1. The lowest BCUT2D eigenvalue weighted by atomic mass is 9.99. The van der Waals surface area contributed by atoms with Crippen LogP contribution in [0.5, 0.6) is 0 Å². The van der Waals surface area contributed by atoms with E-state index in [4.69, 9.17) is 14.6 Å². The van der Waals surface area contributed by atoms with Gasteiger partial charge in [-0.1, -0.05) is 0 Å². The molecule has 1 aliphatic rings. The maximum atomic E-state index is 13.8. The molecule has 0 fully saturated rings. The van der Waals surface area contributed by atoms with Crippen molar-refractivity contribution in [1.29, 1.82) is 0 Å². The number of aliphatic imine (C=N–C) groups is 1. The largest absolute Gasteiger partial charge is 0.490 e. The number of nitrogens with one attached hydrogen (secondary N) is 5. The van der Waals surface area contributed by atoms with Crippen molar-refractivity contribution < 1.29 is 59.8 Å². The molecule has 0 aliphatic carbocycles. The van der Waals surface area contributed by atoms with E-state index < -0.39 is 66.8 Å². The molecule has 2 aromatic carbocycles. The quantitative estimate of drug-likeness (QED) is 0.109. The molecule has 22 heteroatoms. The van der Waals surface area contributed by atoms with Gasteiger partial charge in [-0.15, -0.1) is 0 Å². The molecule has 1 aliphatic heterocycles. The lowest BCUT2D eigenvalue weighted by Crippen LogP contribution is -2.41. The van der Waals surface area contributed by atoms with Crippen molar-refractivity contribution in [1.82, 2.24) is 35.9 Å². The van der Waals surface area contributed by atoms with Gasteiger partial charge in [-0.05, 0) is 42.0 Å². The second kappa shape index (κ2) is 16.2. The lowest BCUT2D eigenvalue weighted by Gasteiger charge is -2.21. The third-order valence-corrected chi connectivity index (χ3v) is 7.04. The minimum atomic E-state index is -5.08. The fourth-order valence-corrected chi connectivity index (χ4v) is 4.58. The average Bonchev–Trinajstić information content (AvgIpc) is 3.80. The summed E-state index contributed by atoms with van der Waals surface area (Å²) in [5, 5.41) is 29.3. The number of carboxylic acid groups (broad SMARTS) is 1. The van der Waals surface area contributed by atoms with Gasteiger partial charge in [0.25, 0.3) is 5.91 Å². The molecule has 1 unspecified atom stereocenters. The highest BCUT2D eigenvalue weighted by Crippen LogP contribution is 2.34. The Bertz CT molecular complexity index is 1950. The zero-order valence-corrected chi connectivity index (χ0v) is 26.6. The van der Waals surface area contributed by atoms with Crippen LogP contribution in [0.25, 0.3) is 16.6 Å². The van der Waals surface area contributed by atoms with Crippen molar-refractivity contribution >= 4 is 46.3 Å². The van der Waals surface area contributed by atoms with E-state index in [2.05, 4.69) is 41.6 Å². The van der Waals surface area contributed by atoms with Crippen LogP contribution in [-0.2, 0) is 25.3 Å². The van der Waals surface area contributed by atoms with E-state index in [1.807, 2.05) is 0 Å².